The molecule has 1 aliphatic rings. The summed E-state index contributed by atoms with van der Waals surface area (Å²) in [5.74, 6) is -0.106. The highest BCUT2D eigenvalue weighted by Crippen LogP contribution is 2.28. The van der Waals surface area contributed by atoms with E-state index in [1.807, 2.05) is 6.92 Å². The summed E-state index contributed by atoms with van der Waals surface area (Å²) in [5.41, 5.74) is 7.55. The van der Waals surface area contributed by atoms with E-state index in [1.165, 1.54) is 0 Å². The number of carbonyl (C=O) groups is 1. The van der Waals surface area contributed by atoms with Gasteiger partial charge in [-0.15, -0.1) is 0 Å². The normalized spacial score (nSPS) is 18.0. The summed E-state index contributed by atoms with van der Waals surface area (Å²) < 4.78 is 5.35. The van der Waals surface area contributed by atoms with Crippen LogP contribution in [0.4, 0.5) is 5.69 Å². The number of nitrogen functional groups attached to an aromatic ring is 1. The van der Waals surface area contributed by atoms with Crippen LogP contribution in [-0.4, -0.2) is 30.6 Å². The maximum absolute atomic E-state index is 12.2. The highest BCUT2D eigenvalue weighted by Gasteiger charge is 2.28. The molecule has 0 atom stereocenters. The number of nitrogens with two attached hydrogens (primary N) is 1. The molecular weight excluding hydrogens is 242 g/mol. The standard InChI is InChI=1S/C14H21N3O2/c1-10-12(7-11(15)8-16-10)13(18)17-9-14(2)3-5-19-6-4-14/h7-8H,3-6,9,15H2,1-2H3,(H,17,18). The third kappa shape index (κ3) is 3.44. The zero-order valence-corrected chi connectivity index (χ0v) is 11.5. The fraction of sp³-hybridized carbons (Fsp3) is 0.571. The fourth-order valence-electron chi connectivity index (χ4n) is 2.21. The molecule has 0 aliphatic carbocycles. The summed E-state index contributed by atoms with van der Waals surface area (Å²) in [6, 6.07) is 1.67. The van der Waals surface area contributed by atoms with Gasteiger partial charge < -0.3 is 15.8 Å². The Balaban J connectivity index is 1.99. The first-order valence-electron chi connectivity index (χ1n) is 6.58. The molecule has 19 heavy (non-hydrogen) atoms. The maximum atomic E-state index is 12.2. The smallest absolute Gasteiger partial charge is 0.253 e. The van der Waals surface area contributed by atoms with E-state index in [4.69, 9.17) is 10.5 Å². The van der Waals surface area contributed by atoms with Crippen LogP contribution in [0.15, 0.2) is 12.3 Å². The SMILES string of the molecule is Cc1ncc(N)cc1C(=O)NCC1(C)CCOCC1. The second kappa shape index (κ2) is 5.57. The van der Waals surface area contributed by atoms with E-state index >= 15 is 0 Å². The molecule has 1 saturated heterocycles. The molecule has 2 heterocycles. The number of anilines is 1. The molecule has 1 amide bonds. The number of hydrogen-bond donors (Lipinski definition) is 2. The number of nitrogens with zero attached hydrogens (tertiary/aromatic N) is 1. The molecule has 5 heteroatoms. The van der Waals surface area contributed by atoms with Gasteiger partial charge in [0, 0.05) is 19.8 Å². The molecule has 1 aromatic rings. The van der Waals surface area contributed by atoms with Crippen molar-refractivity contribution >= 4 is 11.6 Å². The molecule has 1 aliphatic heterocycles. The van der Waals surface area contributed by atoms with Crippen LogP contribution in [0.1, 0.15) is 35.8 Å². The lowest BCUT2D eigenvalue weighted by atomic mass is 9.82. The quantitative estimate of drug-likeness (QED) is 0.866. The van der Waals surface area contributed by atoms with Gasteiger partial charge in [-0.25, -0.2) is 0 Å². The average molecular weight is 263 g/mol. The Morgan fingerprint density at radius 3 is 2.89 bits per heavy atom. The number of pyridine rings is 1. The van der Waals surface area contributed by atoms with Crippen LogP contribution in [0.5, 0.6) is 0 Å². The largest absolute Gasteiger partial charge is 0.397 e. The number of amides is 1. The van der Waals surface area contributed by atoms with Crippen molar-refractivity contribution in [1.82, 2.24) is 10.3 Å². The van der Waals surface area contributed by atoms with E-state index in [1.54, 1.807) is 12.3 Å². The molecule has 5 nitrogen and oxygen atoms in total. The predicted octanol–water partition coefficient (Wildman–Crippen LogP) is 1.52. The minimum Gasteiger partial charge on any atom is -0.397 e. The minimum absolute atomic E-state index is 0.106. The molecule has 1 fully saturated rings. The summed E-state index contributed by atoms with van der Waals surface area (Å²) in [4.78, 5) is 16.3. The first kappa shape index (κ1) is 13.8. The predicted molar refractivity (Wildman–Crippen MR) is 73.9 cm³/mol. The van der Waals surface area contributed by atoms with Gasteiger partial charge in [0.25, 0.3) is 5.91 Å². The van der Waals surface area contributed by atoms with Gasteiger partial charge >= 0.3 is 0 Å². The molecule has 0 radical (unpaired) electrons. The van der Waals surface area contributed by atoms with Gasteiger partial charge in [0.2, 0.25) is 0 Å². The van der Waals surface area contributed by atoms with Gasteiger partial charge in [0.1, 0.15) is 0 Å². The summed E-state index contributed by atoms with van der Waals surface area (Å²) >= 11 is 0. The van der Waals surface area contributed by atoms with Gasteiger partial charge in [-0.2, -0.15) is 0 Å². The van der Waals surface area contributed by atoms with Crippen molar-refractivity contribution < 1.29 is 9.53 Å². The molecule has 0 aromatic carbocycles. The van der Waals surface area contributed by atoms with E-state index in [2.05, 4.69) is 17.2 Å². The van der Waals surface area contributed by atoms with Crippen LogP contribution in [0.3, 0.4) is 0 Å². The van der Waals surface area contributed by atoms with Gasteiger partial charge in [-0.3, -0.25) is 9.78 Å². The van der Waals surface area contributed by atoms with E-state index in [-0.39, 0.29) is 11.3 Å². The van der Waals surface area contributed by atoms with E-state index < -0.39 is 0 Å². The summed E-state index contributed by atoms with van der Waals surface area (Å²) in [6.07, 6.45) is 3.51. The van der Waals surface area contributed by atoms with Gasteiger partial charge in [0.05, 0.1) is 23.1 Å². The third-order valence-corrected chi connectivity index (χ3v) is 3.73. The number of hydrogen-bond acceptors (Lipinski definition) is 4. The molecule has 3 N–H and O–H groups in total. The minimum atomic E-state index is -0.106. The molecule has 104 valence electrons. The number of nitrogens with one attached hydrogen (secondary N) is 1. The number of aryl methyl sites for hydroxylation is 1. The lowest BCUT2D eigenvalue weighted by Gasteiger charge is -2.33. The zero-order valence-electron chi connectivity index (χ0n) is 11.5. The van der Waals surface area contributed by atoms with E-state index in [0.29, 0.717) is 23.5 Å². The molecule has 0 saturated carbocycles. The van der Waals surface area contributed by atoms with Crippen LogP contribution in [0.2, 0.25) is 0 Å². The van der Waals surface area contributed by atoms with Crippen molar-refractivity contribution in [3.63, 3.8) is 0 Å². The average Bonchev–Trinajstić information content (AvgIpc) is 2.40. The molecular formula is C14H21N3O2. The summed E-state index contributed by atoms with van der Waals surface area (Å²) in [6.45, 7) is 6.19. The lowest BCUT2D eigenvalue weighted by molar-refractivity contribution is 0.0238. The molecule has 2 rings (SSSR count). The molecule has 0 unspecified atom stereocenters. The Bertz CT molecular complexity index is 468. The lowest BCUT2D eigenvalue weighted by Crippen LogP contribution is -2.39. The Labute approximate surface area is 113 Å². The first-order chi connectivity index (χ1) is 9.00. The Kier molecular flexibility index (Phi) is 4.04. The van der Waals surface area contributed by atoms with Gasteiger partial charge in [0.15, 0.2) is 0 Å². The van der Waals surface area contributed by atoms with Crippen molar-refractivity contribution in [3.8, 4) is 0 Å². The van der Waals surface area contributed by atoms with Crippen molar-refractivity contribution in [2.24, 2.45) is 5.41 Å². The van der Waals surface area contributed by atoms with Crippen molar-refractivity contribution in [2.45, 2.75) is 26.7 Å². The second-order valence-corrected chi connectivity index (χ2v) is 5.51. The number of carbonyl (C=O) groups excluding carboxylic acids is 1. The second-order valence-electron chi connectivity index (χ2n) is 5.51. The van der Waals surface area contributed by atoms with Crippen LogP contribution in [0, 0.1) is 12.3 Å². The number of ether oxygens (including phenoxy) is 1. The van der Waals surface area contributed by atoms with Crippen LogP contribution < -0.4 is 11.1 Å². The van der Waals surface area contributed by atoms with Crippen molar-refractivity contribution in [1.29, 1.82) is 0 Å². The van der Waals surface area contributed by atoms with Crippen molar-refractivity contribution in [3.05, 3.63) is 23.5 Å². The third-order valence-electron chi connectivity index (χ3n) is 3.73. The Morgan fingerprint density at radius 2 is 2.21 bits per heavy atom. The fourth-order valence-corrected chi connectivity index (χ4v) is 2.21. The summed E-state index contributed by atoms with van der Waals surface area (Å²) in [5, 5.41) is 2.99. The first-order valence-corrected chi connectivity index (χ1v) is 6.58. The van der Waals surface area contributed by atoms with Gasteiger partial charge in [-0.1, -0.05) is 6.92 Å². The highest BCUT2D eigenvalue weighted by atomic mass is 16.5. The Morgan fingerprint density at radius 1 is 1.53 bits per heavy atom. The highest BCUT2D eigenvalue weighted by molar-refractivity contribution is 5.95. The van der Waals surface area contributed by atoms with Crippen LogP contribution >= 0.6 is 0 Å². The monoisotopic (exact) mass is 263 g/mol. The van der Waals surface area contributed by atoms with E-state index in [0.717, 1.165) is 26.1 Å². The van der Waals surface area contributed by atoms with E-state index in [9.17, 15) is 4.79 Å². The van der Waals surface area contributed by atoms with Gasteiger partial charge in [-0.05, 0) is 31.2 Å². The molecule has 0 bridgehead atoms. The zero-order chi connectivity index (χ0) is 13.9. The topological polar surface area (TPSA) is 77.2 Å². The van der Waals surface area contributed by atoms with Crippen molar-refractivity contribution in [2.75, 3.05) is 25.5 Å². The van der Waals surface area contributed by atoms with Crippen LogP contribution in [0.25, 0.3) is 0 Å². The van der Waals surface area contributed by atoms with Crippen LogP contribution in [-0.2, 0) is 4.74 Å². The Hall–Kier alpha value is -1.62. The number of aromatic nitrogens is 1. The maximum Gasteiger partial charge on any atom is 0.253 e. The molecule has 0 spiro atoms. The summed E-state index contributed by atoms with van der Waals surface area (Å²) in [7, 11) is 0. The molecule has 1 aromatic heterocycles. The number of rotatable bonds is 3.